The Hall–Kier alpha value is -2.73. The first kappa shape index (κ1) is 18.6. The molecular weight excluding hydrogens is 360 g/mol. The van der Waals surface area contributed by atoms with Crippen LogP contribution in [-0.2, 0) is 16.1 Å². The van der Waals surface area contributed by atoms with Crippen molar-refractivity contribution in [1.82, 2.24) is 0 Å². The lowest BCUT2D eigenvalue weighted by atomic mass is 9.99. The van der Waals surface area contributed by atoms with E-state index in [2.05, 4.69) is 13.8 Å². The van der Waals surface area contributed by atoms with E-state index in [1.54, 1.807) is 13.2 Å². The van der Waals surface area contributed by atoms with Gasteiger partial charge in [-0.25, -0.2) is 4.79 Å². The summed E-state index contributed by atoms with van der Waals surface area (Å²) in [6, 6.07) is 7.47. The first-order valence-electron chi connectivity index (χ1n) is 9.33. The molecule has 0 aliphatic carbocycles. The molecule has 0 N–H and O–H groups in total. The molecule has 0 spiro atoms. The van der Waals surface area contributed by atoms with E-state index in [1.165, 1.54) is 7.11 Å². The van der Waals surface area contributed by atoms with Crippen molar-refractivity contribution in [1.29, 1.82) is 0 Å². The number of rotatable bonds is 4. The first-order chi connectivity index (χ1) is 13.4. The van der Waals surface area contributed by atoms with Gasteiger partial charge in [-0.1, -0.05) is 13.8 Å². The summed E-state index contributed by atoms with van der Waals surface area (Å²) >= 11 is 0. The zero-order valence-corrected chi connectivity index (χ0v) is 16.7. The van der Waals surface area contributed by atoms with Gasteiger partial charge in [0.25, 0.3) is 0 Å². The summed E-state index contributed by atoms with van der Waals surface area (Å²) in [7, 11) is 3.13. The van der Waals surface area contributed by atoms with Gasteiger partial charge in [-0.3, -0.25) is 0 Å². The summed E-state index contributed by atoms with van der Waals surface area (Å²) in [6.45, 7) is 6.25. The van der Waals surface area contributed by atoms with E-state index >= 15 is 0 Å². The lowest BCUT2D eigenvalue weighted by molar-refractivity contribution is 0.0454. The molecule has 6 nitrogen and oxygen atoms in total. The summed E-state index contributed by atoms with van der Waals surface area (Å²) in [5.74, 6) is 1.83. The van der Waals surface area contributed by atoms with Crippen molar-refractivity contribution < 1.29 is 28.5 Å². The zero-order chi connectivity index (χ0) is 20.0. The molecule has 2 unspecified atom stereocenters. The SMILES string of the molecule is COc1cc(C)cc2c1Oc1ccc(C3OC3C(C)C)c(OC)c1C(=O)OC2. The van der Waals surface area contributed by atoms with Crippen molar-refractivity contribution >= 4 is 5.97 Å². The number of cyclic esters (lactones) is 1. The number of carbonyl (C=O) groups is 1. The molecule has 148 valence electrons. The highest BCUT2D eigenvalue weighted by Gasteiger charge is 2.45. The fourth-order valence-corrected chi connectivity index (χ4v) is 3.70. The molecule has 0 amide bonds. The van der Waals surface area contributed by atoms with Crippen LogP contribution in [0.15, 0.2) is 24.3 Å². The molecule has 6 heteroatoms. The maximum absolute atomic E-state index is 12.8. The first-order valence-corrected chi connectivity index (χ1v) is 9.33. The van der Waals surface area contributed by atoms with Gasteiger partial charge in [0.2, 0.25) is 0 Å². The van der Waals surface area contributed by atoms with E-state index in [-0.39, 0.29) is 24.4 Å². The second-order valence-corrected chi connectivity index (χ2v) is 7.46. The second kappa shape index (κ2) is 7.02. The molecule has 1 fully saturated rings. The minimum absolute atomic E-state index is 0.0908. The standard InChI is InChI=1S/C22H24O6/c1-11(2)18-21(28-18)14-6-7-15-17(20(14)25-5)22(23)26-10-13-8-12(3)9-16(24-4)19(13)27-15/h6-9,11,18,21H,10H2,1-5H3. The number of epoxide rings is 1. The Morgan fingerprint density at radius 2 is 1.93 bits per heavy atom. The van der Waals surface area contributed by atoms with Crippen molar-refractivity contribution in [3.8, 4) is 23.0 Å². The van der Waals surface area contributed by atoms with Crippen LogP contribution in [0.5, 0.6) is 23.0 Å². The summed E-state index contributed by atoms with van der Waals surface area (Å²) in [4.78, 5) is 12.8. The zero-order valence-electron chi connectivity index (χ0n) is 16.7. The highest BCUT2D eigenvalue weighted by molar-refractivity contribution is 5.96. The molecule has 2 heterocycles. The van der Waals surface area contributed by atoms with Crippen LogP contribution < -0.4 is 14.2 Å². The summed E-state index contributed by atoms with van der Waals surface area (Å²) < 4.78 is 28.6. The van der Waals surface area contributed by atoms with Gasteiger partial charge in [0.05, 0.1) is 20.3 Å². The van der Waals surface area contributed by atoms with Crippen LogP contribution in [0.1, 0.15) is 47.0 Å². The average Bonchev–Trinajstić information content (AvgIpc) is 3.46. The number of carbonyl (C=O) groups excluding carboxylic acids is 1. The number of hydrogen-bond acceptors (Lipinski definition) is 6. The Kier molecular flexibility index (Phi) is 4.67. The number of methoxy groups -OCH3 is 2. The minimum Gasteiger partial charge on any atom is -0.495 e. The van der Waals surface area contributed by atoms with Gasteiger partial charge in [-0.15, -0.1) is 0 Å². The fraction of sp³-hybridized carbons (Fsp3) is 0.409. The Labute approximate surface area is 164 Å². The third-order valence-electron chi connectivity index (χ3n) is 5.11. The molecule has 0 aromatic heterocycles. The third kappa shape index (κ3) is 3.07. The van der Waals surface area contributed by atoms with Crippen LogP contribution in [0.25, 0.3) is 0 Å². The molecule has 2 aromatic carbocycles. The van der Waals surface area contributed by atoms with Crippen LogP contribution in [0.4, 0.5) is 0 Å². The van der Waals surface area contributed by atoms with Gasteiger partial charge >= 0.3 is 5.97 Å². The fourth-order valence-electron chi connectivity index (χ4n) is 3.70. The maximum Gasteiger partial charge on any atom is 0.346 e. The topological polar surface area (TPSA) is 66.5 Å². The molecule has 2 aromatic rings. The second-order valence-electron chi connectivity index (χ2n) is 7.46. The lowest BCUT2D eigenvalue weighted by Gasteiger charge is -2.22. The molecule has 4 rings (SSSR count). The van der Waals surface area contributed by atoms with Gasteiger partial charge in [-0.05, 0) is 42.7 Å². The van der Waals surface area contributed by atoms with Gasteiger partial charge in [0, 0.05) is 11.1 Å². The van der Waals surface area contributed by atoms with E-state index < -0.39 is 5.97 Å². The summed E-state index contributed by atoms with van der Waals surface area (Å²) in [5.41, 5.74) is 2.85. The highest BCUT2D eigenvalue weighted by Crippen LogP contribution is 2.50. The molecule has 28 heavy (non-hydrogen) atoms. The van der Waals surface area contributed by atoms with Crippen molar-refractivity contribution in [3.05, 3.63) is 46.5 Å². The van der Waals surface area contributed by atoms with Gasteiger partial charge in [0.1, 0.15) is 29.8 Å². The van der Waals surface area contributed by atoms with Crippen LogP contribution in [0, 0.1) is 12.8 Å². The van der Waals surface area contributed by atoms with Gasteiger partial charge in [0.15, 0.2) is 11.5 Å². The van der Waals surface area contributed by atoms with Gasteiger partial charge < -0.3 is 23.7 Å². The Balaban J connectivity index is 1.82. The monoisotopic (exact) mass is 384 g/mol. The highest BCUT2D eigenvalue weighted by atomic mass is 16.6. The van der Waals surface area contributed by atoms with Crippen molar-refractivity contribution in [2.75, 3.05) is 14.2 Å². The van der Waals surface area contributed by atoms with Crippen molar-refractivity contribution in [2.24, 2.45) is 5.92 Å². The largest absolute Gasteiger partial charge is 0.495 e. The predicted molar refractivity (Wildman–Crippen MR) is 102 cm³/mol. The van der Waals surface area contributed by atoms with Crippen molar-refractivity contribution in [2.45, 2.75) is 39.6 Å². The van der Waals surface area contributed by atoms with Crippen LogP contribution in [0.2, 0.25) is 0 Å². The van der Waals surface area contributed by atoms with Crippen LogP contribution in [0.3, 0.4) is 0 Å². The Bertz CT molecular complexity index is 933. The molecule has 1 saturated heterocycles. The predicted octanol–water partition coefficient (Wildman–Crippen LogP) is 4.57. The summed E-state index contributed by atoms with van der Waals surface area (Å²) in [6.07, 6.45) is 0.0178. The van der Waals surface area contributed by atoms with Crippen molar-refractivity contribution in [3.63, 3.8) is 0 Å². The van der Waals surface area contributed by atoms with E-state index in [9.17, 15) is 4.79 Å². The van der Waals surface area contributed by atoms with E-state index in [4.69, 9.17) is 23.7 Å². The Morgan fingerprint density at radius 3 is 2.57 bits per heavy atom. The number of ether oxygens (including phenoxy) is 5. The average molecular weight is 384 g/mol. The quantitative estimate of drug-likeness (QED) is 0.568. The van der Waals surface area contributed by atoms with Crippen LogP contribution in [-0.4, -0.2) is 26.3 Å². The third-order valence-corrected chi connectivity index (χ3v) is 5.11. The molecule has 2 aliphatic rings. The maximum atomic E-state index is 12.8. The van der Waals surface area contributed by atoms with E-state index in [0.717, 1.165) is 16.7 Å². The molecule has 0 bridgehead atoms. The summed E-state index contributed by atoms with van der Waals surface area (Å²) in [5, 5.41) is 0. The van der Waals surface area contributed by atoms with Crippen LogP contribution >= 0.6 is 0 Å². The van der Waals surface area contributed by atoms with Gasteiger partial charge in [-0.2, -0.15) is 0 Å². The number of esters is 1. The van der Waals surface area contributed by atoms with E-state index in [1.807, 2.05) is 25.1 Å². The lowest BCUT2D eigenvalue weighted by Crippen LogP contribution is -2.14. The molecular formula is C22H24O6. The number of fused-ring (bicyclic) bond motifs is 2. The Morgan fingerprint density at radius 1 is 1.14 bits per heavy atom. The molecule has 0 radical (unpaired) electrons. The molecule has 0 saturated carbocycles. The normalized spacial score (nSPS) is 20.3. The number of aryl methyl sites for hydroxylation is 1. The number of hydrogen-bond donors (Lipinski definition) is 0. The smallest absolute Gasteiger partial charge is 0.346 e. The molecule has 2 aliphatic heterocycles. The minimum atomic E-state index is -0.485. The molecule has 2 atom stereocenters. The number of benzene rings is 2. The van der Waals surface area contributed by atoms with E-state index in [0.29, 0.717) is 28.9 Å².